The number of nitrogens with zero attached hydrogens (tertiary/aromatic N) is 4. The van der Waals surface area contributed by atoms with E-state index < -0.39 is 17.8 Å². The summed E-state index contributed by atoms with van der Waals surface area (Å²) >= 11 is 6.69. The molecule has 12 heteroatoms. The normalized spacial score (nSPS) is 13.2. The fraction of sp³-hybridized carbons (Fsp3) is 0.310. The van der Waals surface area contributed by atoms with Crippen molar-refractivity contribution >= 4 is 29.1 Å². The number of nitriles is 1. The number of benzene rings is 2. The number of anilines is 1. The van der Waals surface area contributed by atoms with E-state index in [1.165, 1.54) is 25.1 Å². The first-order chi connectivity index (χ1) is 19.5. The number of carbonyl (C=O) groups is 2. The minimum absolute atomic E-state index is 0.0183. The Labute approximate surface area is 239 Å². The summed E-state index contributed by atoms with van der Waals surface area (Å²) in [6.45, 7) is 2.59. The van der Waals surface area contributed by atoms with Crippen LogP contribution in [0.25, 0.3) is 11.1 Å². The van der Waals surface area contributed by atoms with Gasteiger partial charge in [-0.25, -0.2) is 0 Å². The van der Waals surface area contributed by atoms with Crippen LogP contribution in [0.4, 0.5) is 18.9 Å². The second-order valence-electron chi connectivity index (χ2n) is 9.33. The molecule has 0 N–H and O–H groups in total. The summed E-state index contributed by atoms with van der Waals surface area (Å²) in [7, 11) is 3.01. The van der Waals surface area contributed by atoms with Crippen molar-refractivity contribution in [2.45, 2.75) is 25.9 Å². The summed E-state index contributed by atoms with van der Waals surface area (Å²) in [5.41, 5.74) is -0.542. The average Bonchev–Trinajstić information content (AvgIpc) is 3.38. The minimum atomic E-state index is -4.75. The van der Waals surface area contributed by atoms with Crippen molar-refractivity contribution in [3.63, 3.8) is 0 Å². The molecule has 2 amide bonds. The van der Waals surface area contributed by atoms with Gasteiger partial charge in [-0.2, -0.15) is 18.4 Å². The van der Waals surface area contributed by atoms with Gasteiger partial charge in [0.25, 0.3) is 5.91 Å². The van der Waals surface area contributed by atoms with Crippen molar-refractivity contribution in [1.82, 2.24) is 9.88 Å². The number of methoxy groups -OCH3 is 1. The third-order valence-corrected chi connectivity index (χ3v) is 7.29. The fourth-order valence-electron chi connectivity index (χ4n) is 4.63. The molecule has 1 saturated heterocycles. The lowest BCUT2D eigenvalue weighted by atomic mass is 9.96. The second-order valence-corrected chi connectivity index (χ2v) is 9.71. The third-order valence-electron chi connectivity index (χ3n) is 6.81. The predicted octanol–water partition coefficient (Wildman–Crippen LogP) is 5.89. The second kappa shape index (κ2) is 12.1. The van der Waals surface area contributed by atoms with Crippen LogP contribution in [0.2, 0.25) is 5.02 Å². The fourth-order valence-corrected chi connectivity index (χ4v) is 4.87. The van der Waals surface area contributed by atoms with E-state index in [1.54, 1.807) is 42.2 Å². The number of aromatic nitrogens is 1. The Hall–Kier alpha value is -4.30. The SMILES string of the molecule is COc1ccccc1N(C)C(=O)c1cc(-c2cnc(C(F)(F)F)cc2C#N)c(Cl)c(C)c1OCCN1CCCC1=O. The minimum Gasteiger partial charge on any atom is -0.495 e. The van der Waals surface area contributed by atoms with Gasteiger partial charge < -0.3 is 19.3 Å². The summed E-state index contributed by atoms with van der Waals surface area (Å²) in [4.78, 5) is 32.5. The molecule has 41 heavy (non-hydrogen) atoms. The van der Waals surface area contributed by atoms with Crippen LogP contribution in [0.15, 0.2) is 42.6 Å². The topological polar surface area (TPSA) is 95.8 Å². The Morgan fingerprint density at radius 1 is 1.24 bits per heavy atom. The van der Waals surface area contributed by atoms with Crippen LogP contribution in [0.1, 0.15) is 40.0 Å². The van der Waals surface area contributed by atoms with Crippen LogP contribution >= 0.6 is 11.6 Å². The zero-order valence-corrected chi connectivity index (χ0v) is 23.3. The first-order valence-corrected chi connectivity index (χ1v) is 13.0. The third kappa shape index (κ3) is 6.07. The van der Waals surface area contributed by atoms with Crippen molar-refractivity contribution in [2.24, 2.45) is 0 Å². The zero-order valence-electron chi connectivity index (χ0n) is 22.5. The number of pyridine rings is 1. The number of carbonyl (C=O) groups excluding carboxylic acids is 2. The number of halogens is 4. The number of alkyl halides is 3. The van der Waals surface area contributed by atoms with Gasteiger partial charge in [0.1, 0.15) is 23.8 Å². The van der Waals surface area contributed by atoms with Gasteiger partial charge in [0.05, 0.1) is 41.6 Å². The Morgan fingerprint density at radius 3 is 2.61 bits per heavy atom. The van der Waals surface area contributed by atoms with Gasteiger partial charge in [-0.3, -0.25) is 14.6 Å². The van der Waals surface area contributed by atoms with Crippen molar-refractivity contribution in [3.8, 4) is 28.7 Å². The van der Waals surface area contributed by atoms with Crippen molar-refractivity contribution in [3.05, 3.63) is 70.0 Å². The first-order valence-electron chi connectivity index (χ1n) is 12.6. The van der Waals surface area contributed by atoms with E-state index in [9.17, 15) is 28.0 Å². The molecule has 1 aliphatic heterocycles. The van der Waals surface area contributed by atoms with Gasteiger partial charge in [-0.05, 0) is 37.6 Å². The first kappa shape index (κ1) is 29.7. The Morgan fingerprint density at radius 2 is 1.98 bits per heavy atom. The lowest BCUT2D eigenvalue weighted by Gasteiger charge is -2.24. The van der Waals surface area contributed by atoms with Crippen LogP contribution in [0.3, 0.4) is 0 Å². The molecule has 0 radical (unpaired) electrons. The van der Waals surface area contributed by atoms with Crippen LogP contribution < -0.4 is 14.4 Å². The summed E-state index contributed by atoms with van der Waals surface area (Å²) in [5.74, 6) is 0.0735. The lowest BCUT2D eigenvalue weighted by Crippen LogP contribution is -2.30. The van der Waals surface area contributed by atoms with E-state index in [2.05, 4.69) is 4.98 Å². The molecule has 1 aliphatic rings. The van der Waals surface area contributed by atoms with Gasteiger partial charge in [-0.1, -0.05) is 23.7 Å². The molecule has 3 aromatic rings. The monoisotopic (exact) mass is 586 g/mol. The standard InChI is InChI=1S/C29H26ClF3N4O4/c1-17-26(30)19(21-16-35-24(29(31,32)33)13-18(21)15-34)14-20(27(17)41-12-11-37-10-6-9-25(37)38)28(39)36(2)22-7-4-5-8-23(22)40-3/h4-5,7-8,13-14,16H,6,9-12H2,1-3H3. The molecular formula is C29H26ClF3N4O4. The zero-order chi connectivity index (χ0) is 29.9. The highest BCUT2D eigenvalue weighted by Gasteiger charge is 2.34. The molecule has 0 saturated carbocycles. The highest BCUT2D eigenvalue weighted by Crippen LogP contribution is 2.41. The van der Waals surface area contributed by atoms with Crippen molar-refractivity contribution in [2.75, 3.05) is 38.8 Å². The molecule has 0 aliphatic carbocycles. The molecular weight excluding hydrogens is 561 g/mol. The number of para-hydroxylation sites is 2. The number of hydrogen-bond acceptors (Lipinski definition) is 6. The summed E-state index contributed by atoms with van der Waals surface area (Å²) in [6.07, 6.45) is -2.61. The largest absolute Gasteiger partial charge is 0.495 e. The van der Waals surface area contributed by atoms with Gasteiger partial charge in [0.2, 0.25) is 5.91 Å². The predicted molar refractivity (Wildman–Crippen MR) is 146 cm³/mol. The summed E-state index contributed by atoms with van der Waals surface area (Å²) < 4.78 is 51.3. The molecule has 2 heterocycles. The van der Waals surface area contributed by atoms with Gasteiger partial charge in [0.15, 0.2) is 0 Å². The quantitative estimate of drug-likeness (QED) is 0.327. The lowest BCUT2D eigenvalue weighted by molar-refractivity contribution is -0.141. The van der Waals surface area contributed by atoms with E-state index in [4.69, 9.17) is 21.1 Å². The van der Waals surface area contributed by atoms with Crippen LogP contribution in [-0.2, 0) is 11.0 Å². The molecule has 1 fully saturated rings. The maximum Gasteiger partial charge on any atom is 0.433 e. The summed E-state index contributed by atoms with van der Waals surface area (Å²) in [5, 5.41) is 9.74. The molecule has 4 rings (SSSR count). The van der Waals surface area contributed by atoms with E-state index in [0.717, 1.165) is 12.6 Å². The molecule has 8 nitrogen and oxygen atoms in total. The highest BCUT2D eigenvalue weighted by molar-refractivity contribution is 6.34. The Kier molecular flexibility index (Phi) is 8.73. The molecule has 2 aromatic carbocycles. The number of likely N-dealkylation sites (tertiary alicyclic amines) is 1. The molecule has 0 spiro atoms. The molecule has 0 bridgehead atoms. The van der Waals surface area contributed by atoms with E-state index in [0.29, 0.717) is 42.6 Å². The van der Waals surface area contributed by atoms with Crippen molar-refractivity contribution < 1.29 is 32.2 Å². The van der Waals surface area contributed by atoms with Crippen molar-refractivity contribution in [1.29, 1.82) is 5.26 Å². The van der Waals surface area contributed by atoms with E-state index in [1.807, 2.05) is 0 Å². The van der Waals surface area contributed by atoms with E-state index >= 15 is 0 Å². The average molecular weight is 587 g/mol. The van der Waals surface area contributed by atoms with E-state index in [-0.39, 0.29) is 45.5 Å². The van der Waals surface area contributed by atoms with Crippen LogP contribution in [0, 0.1) is 18.3 Å². The maximum atomic E-state index is 13.9. The highest BCUT2D eigenvalue weighted by atomic mass is 35.5. The number of rotatable bonds is 8. The van der Waals surface area contributed by atoms with Gasteiger partial charge in [0, 0.05) is 42.9 Å². The van der Waals surface area contributed by atoms with Crippen LogP contribution in [-0.4, -0.2) is 55.6 Å². The Bertz CT molecular complexity index is 1540. The van der Waals surface area contributed by atoms with Gasteiger partial charge >= 0.3 is 6.18 Å². The molecule has 214 valence electrons. The Balaban J connectivity index is 1.82. The molecule has 0 atom stereocenters. The molecule has 0 unspecified atom stereocenters. The number of amides is 2. The smallest absolute Gasteiger partial charge is 0.433 e. The molecule has 1 aromatic heterocycles. The van der Waals surface area contributed by atoms with Crippen LogP contribution in [0.5, 0.6) is 11.5 Å². The summed E-state index contributed by atoms with van der Waals surface area (Å²) in [6, 6.07) is 10.7. The number of hydrogen-bond donors (Lipinski definition) is 0. The number of ether oxygens (including phenoxy) is 2. The maximum absolute atomic E-state index is 13.9. The van der Waals surface area contributed by atoms with Gasteiger partial charge in [-0.15, -0.1) is 0 Å².